The van der Waals surface area contributed by atoms with Gasteiger partial charge in [-0.1, -0.05) is 0 Å². The SMILES string of the molecule is FC(F)Cn1cnnc1CCl. The quantitative estimate of drug-likeness (QED) is 0.658. The van der Waals surface area contributed by atoms with Gasteiger partial charge in [-0.05, 0) is 0 Å². The molecule has 0 bridgehead atoms. The molecule has 1 heterocycles. The molecule has 6 heteroatoms. The van der Waals surface area contributed by atoms with Crippen LogP contribution in [0.2, 0.25) is 0 Å². The van der Waals surface area contributed by atoms with E-state index in [9.17, 15) is 8.78 Å². The third kappa shape index (κ3) is 2.11. The second-order valence-corrected chi connectivity index (χ2v) is 2.19. The summed E-state index contributed by atoms with van der Waals surface area (Å²) < 4.78 is 24.8. The van der Waals surface area contributed by atoms with E-state index in [-0.39, 0.29) is 5.88 Å². The number of rotatable bonds is 3. The smallest absolute Gasteiger partial charge is 0.256 e. The average molecular weight is 182 g/mol. The fourth-order valence-corrected chi connectivity index (χ4v) is 0.891. The summed E-state index contributed by atoms with van der Waals surface area (Å²) in [7, 11) is 0. The summed E-state index contributed by atoms with van der Waals surface area (Å²) in [4.78, 5) is 0. The molecular weight excluding hydrogens is 176 g/mol. The molecule has 1 aromatic heterocycles. The first kappa shape index (κ1) is 8.39. The molecule has 0 atom stereocenters. The zero-order chi connectivity index (χ0) is 8.27. The summed E-state index contributed by atoms with van der Waals surface area (Å²) in [6.45, 7) is -0.394. The third-order valence-electron chi connectivity index (χ3n) is 1.15. The van der Waals surface area contributed by atoms with Crippen LogP contribution in [-0.4, -0.2) is 21.2 Å². The fraction of sp³-hybridized carbons (Fsp3) is 0.600. The molecule has 62 valence electrons. The van der Waals surface area contributed by atoms with Gasteiger partial charge in [0.05, 0.1) is 12.4 Å². The van der Waals surface area contributed by atoms with E-state index in [1.807, 2.05) is 0 Å². The predicted molar refractivity (Wildman–Crippen MR) is 35.6 cm³/mol. The van der Waals surface area contributed by atoms with Crippen LogP contribution in [0.4, 0.5) is 8.78 Å². The zero-order valence-corrected chi connectivity index (χ0v) is 6.30. The van der Waals surface area contributed by atoms with Crippen molar-refractivity contribution in [2.24, 2.45) is 0 Å². The van der Waals surface area contributed by atoms with Crippen molar-refractivity contribution in [2.75, 3.05) is 0 Å². The van der Waals surface area contributed by atoms with Crippen molar-refractivity contribution in [3.05, 3.63) is 12.2 Å². The van der Waals surface area contributed by atoms with Crippen LogP contribution in [0.25, 0.3) is 0 Å². The fourth-order valence-electron chi connectivity index (χ4n) is 0.684. The van der Waals surface area contributed by atoms with Crippen LogP contribution in [-0.2, 0) is 12.4 Å². The number of nitrogens with zero attached hydrogens (tertiary/aromatic N) is 3. The molecule has 0 aliphatic carbocycles. The Morgan fingerprint density at radius 3 is 2.91 bits per heavy atom. The maximum absolute atomic E-state index is 11.8. The average Bonchev–Trinajstić information content (AvgIpc) is 2.34. The highest BCUT2D eigenvalue weighted by atomic mass is 35.5. The molecule has 0 aliphatic rings. The van der Waals surface area contributed by atoms with Crippen molar-refractivity contribution >= 4 is 11.6 Å². The molecule has 0 saturated heterocycles. The van der Waals surface area contributed by atoms with E-state index >= 15 is 0 Å². The lowest BCUT2D eigenvalue weighted by Gasteiger charge is -2.01. The van der Waals surface area contributed by atoms with E-state index in [4.69, 9.17) is 11.6 Å². The van der Waals surface area contributed by atoms with Gasteiger partial charge < -0.3 is 4.57 Å². The number of hydrogen-bond acceptors (Lipinski definition) is 2. The number of aromatic nitrogens is 3. The summed E-state index contributed by atoms with van der Waals surface area (Å²) in [5.74, 6) is 0.471. The van der Waals surface area contributed by atoms with E-state index < -0.39 is 13.0 Å². The molecule has 0 aliphatic heterocycles. The summed E-state index contributed by atoms with van der Waals surface area (Å²) in [5, 5.41) is 6.98. The largest absolute Gasteiger partial charge is 0.311 e. The Hall–Kier alpha value is -0.710. The van der Waals surface area contributed by atoms with Gasteiger partial charge in [-0.2, -0.15) is 0 Å². The van der Waals surface area contributed by atoms with Crippen LogP contribution in [0.1, 0.15) is 5.82 Å². The second-order valence-electron chi connectivity index (χ2n) is 1.92. The molecule has 3 nitrogen and oxygen atoms in total. The maximum atomic E-state index is 11.8. The van der Waals surface area contributed by atoms with E-state index in [1.165, 1.54) is 10.9 Å². The first-order valence-electron chi connectivity index (χ1n) is 2.95. The predicted octanol–water partition coefficient (Wildman–Crippen LogP) is 1.28. The Morgan fingerprint density at radius 1 is 1.64 bits per heavy atom. The van der Waals surface area contributed by atoms with Gasteiger partial charge in [-0.15, -0.1) is 21.8 Å². The first-order valence-corrected chi connectivity index (χ1v) is 3.48. The summed E-state index contributed by atoms with van der Waals surface area (Å²) in [5.41, 5.74) is 0. The Balaban J connectivity index is 2.68. The van der Waals surface area contributed by atoms with Gasteiger partial charge in [-0.3, -0.25) is 0 Å². The van der Waals surface area contributed by atoms with Crippen molar-refractivity contribution in [3.63, 3.8) is 0 Å². The molecule has 0 unspecified atom stereocenters. The van der Waals surface area contributed by atoms with Gasteiger partial charge in [0.15, 0.2) is 0 Å². The number of halogens is 3. The minimum Gasteiger partial charge on any atom is -0.311 e. The van der Waals surface area contributed by atoms with Crippen LogP contribution in [0.15, 0.2) is 6.33 Å². The van der Waals surface area contributed by atoms with Gasteiger partial charge >= 0.3 is 0 Å². The zero-order valence-electron chi connectivity index (χ0n) is 5.54. The van der Waals surface area contributed by atoms with Crippen molar-refractivity contribution in [3.8, 4) is 0 Å². The van der Waals surface area contributed by atoms with Gasteiger partial charge in [0.1, 0.15) is 12.2 Å². The van der Waals surface area contributed by atoms with Crippen LogP contribution >= 0.6 is 11.6 Å². The Bertz CT molecular complexity index is 225. The molecule has 11 heavy (non-hydrogen) atoms. The lowest BCUT2D eigenvalue weighted by atomic mass is 10.6. The lowest BCUT2D eigenvalue weighted by Crippen LogP contribution is -2.08. The Kier molecular flexibility index (Phi) is 2.76. The van der Waals surface area contributed by atoms with E-state index in [1.54, 1.807) is 0 Å². The highest BCUT2D eigenvalue weighted by Crippen LogP contribution is 2.03. The van der Waals surface area contributed by atoms with Crippen LogP contribution in [0.3, 0.4) is 0 Å². The molecule has 0 aromatic carbocycles. The van der Waals surface area contributed by atoms with Crippen LogP contribution in [0.5, 0.6) is 0 Å². The van der Waals surface area contributed by atoms with Gasteiger partial charge in [0.25, 0.3) is 6.43 Å². The standard InChI is InChI=1S/C5H6ClF2N3/c6-1-5-10-9-3-11(5)2-4(7)8/h3-4H,1-2H2. The first-order chi connectivity index (χ1) is 5.24. The topological polar surface area (TPSA) is 30.7 Å². The highest BCUT2D eigenvalue weighted by Gasteiger charge is 2.07. The normalized spacial score (nSPS) is 10.9. The third-order valence-corrected chi connectivity index (χ3v) is 1.39. The molecule has 0 fully saturated rings. The molecular formula is C5H6ClF2N3. The molecule has 0 N–H and O–H groups in total. The van der Waals surface area contributed by atoms with Crippen LogP contribution in [0, 0.1) is 0 Å². The van der Waals surface area contributed by atoms with E-state index in [2.05, 4.69) is 10.2 Å². The Morgan fingerprint density at radius 2 is 2.36 bits per heavy atom. The van der Waals surface area contributed by atoms with E-state index in [0.717, 1.165) is 0 Å². The molecule has 0 saturated carbocycles. The maximum Gasteiger partial charge on any atom is 0.256 e. The Labute approximate surface area is 67.0 Å². The van der Waals surface area contributed by atoms with E-state index in [0.29, 0.717) is 5.82 Å². The molecule has 0 amide bonds. The van der Waals surface area contributed by atoms with Crippen molar-refractivity contribution < 1.29 is 8.78 Å². The molecule has 1 rings (SSSR count). The monoisotopic (exact) mass is 181 g/mol. The molecule has 0 radical (unpaired) electrons. The van der Waals surface area contributed by atoms with Gasteiger partial charge in [0, 0.05) is 0 Å². The summed E-state index contributed by atoms with van der Waals surface area (Å²) in [6, 6.07) is 0. The van der Waals surface area contributed by atoms with Crippen molar-refractivity contribution in [2.45, 2.75) is 18.9 Å². The van der Waals surface area contributed by atoms with Crippen LogP contribution < -0.4 is 0 Å². The van der Waals surface area contributed by atoms with Crippen molar-refractivity contribution in [1.29, 1.82) is 0 Å². The number of alkyl halides is 3. The molecule has 1 aromatic rings. The van der Waals surface area contributed by atoms with Gasteiger partial charge in [-0.25, -0.2) is 8.78 Å². The number of hydrogen-bond donors (Lipinski definition) is 0. The summed E-state index contributed by atoms with van der Waals surface area (Å²) >= 11 is 5.39. The lowest BCUT2D eigenvalue weighted by molar-refractivity contribution is 0.125. The van der Waals surface area contributed by atoms with Crippen molar-refractivity contribution in [1.82, 2.24) is 14.8 Å². The second kappa shape index (κ2) is 3.61. The highest BCUT2D eigenvalue weighted by molar-refractivity contribution is 6.16. The minimum atomic E-state index is -2.40. The minimum absolute atomic E-state index is 0.104. The van der Waals surface area contributed by atoms with Gasteiger partial charge in [0.2, 0.25) is 0 Å². The summed E-state index contributed by atoms with van der Waals surface area (Å²) in [6.07, 6.45) is -1.16. The molecule has 0 spiro atoms.